The summed E-state index contributed by atoms with van der Waals surface area (Å²) in [5, 5.41) is 1.24. The van der Waals surface area contributed by atoms with Crippen molar-refractivity contribution in [1.82, 2.24) is 14.6 Å². The van der Waals surface area contributed by atoms with E-state index in [-0.39, 0.29) is 16.6 Å². The lowest BCUT2D eigenvalue weighted by atomic mass is 9.63. The van der Waals surface area contributed by atoms with Crippen molar-refractivity contribution in [3.05, 3.63) is 94.8 Å². The zero-order valence-corrected chi connectivity index (χ0v) is 35.2. The van der Waals surface area contributed by atoms with Gasteiger partial charge in [-0.05, 0) is 104 Å². The number of methoxy groups -OCH3 is 1. The number of nitrogens with zero attached hydrogens (tertiary/aromatic N) is 4. The lowest BCUT2D eigenvalue weighted by Crippen LogP contribution is -2.58. The van der Waals surface area contributed by atoms with Gasteiger partial charge in [-0.25, -0.2) is 0 Å². The second-order valence-corrected chi connectivity index (χ2v) is 18.3. The number of benzene rings is 2. The summed E-state index contributed by atoms with van der Waals surface area (Å²) in [5.74, 6) is 6.60. The predicted octanol–water partition coefficient (Wildman–Crippen LogP) is 8.52. The number of aromatic nitrogens is 1. The van der Waals surface area contributed by atoms with Crippen molar-refractivity contribution in [3.63, 3.8) is 0 Å². The smallest absolute Gasteiger partial charge is 0.150 e. The summed E-state index contributed by atoms with van der Waals surface area (Å²) >= 11 is 6.52. The molecule has 0 amide bonds. The molecule has 298 valence electrons. The highest BCUT2D eigenvalue weighted by molar-refractivity contribution is 8.12. The number of piperazine rings is 1. The number of fused-ring (bicyclic) bond motifs is 1. The van der Waals surface area contributed by atoms with Crippen LogP contribution in [0.3, 0.4) is 0 Å². The van der Waals surface area contributed by atoms with Crippen molar-refractivity contribution in [3.8, 4) is 5.75 Å². The van der Waals surface area contributed by atoms with Crippen molar-refractivity contribution < 1.29 is 14.3 Å². The summed E-state index contributed by atoms with van der Waals surface area (Å²) in [6.07, 6.45) is 14.8. The van der Waals surface area contributed by atoms with Crippen LogP contribution >= 0.6 is 22.3 Å². The first-order valence-corrected chi connectivity index (χ1v) is 22.1. The maximum Gasteiger partial charge on any atom is 0.150 e. The first kappa shape index (κ1) is 41.4. The van der Waals surface area contributed by atoms with E-state index in [9.17, 15) is 4.79 Å². The highest BCUT2D eigenvalue weighted by Crippen LogP contribution is 2.47. The lowest BCUT2D eigenvalue weighted by molar-refractivity contribution is -0.0919. The molecule has 1 saturated carbocycles. The Hall–Kier alpha value is -3.21. The summed E-state index contributed by atoms with van der Waals surface area (Å²) in [6.45, 7) is 13.9. The predicted molar refractivity (Wildman–Crippen MR) is 233 cm³/mol. The number of halogens is 1. The number of aldehydes is 1. The maximum absolute atomic E-state index is 12.1. The molecule has 2 aromatic carbocycles. The number of carbonyl (C=O) groups excluding carboxylic acids is 1. The van der Waals surface area contributed by atoms with Crippen LogP contribution in [0.4, 0.5) is 11.4 Å². The van der Waals surface area contributed by atoms with Crippen molar-refractivity contribution in [2.75, 3.05) is 76.4 Å². The number of anilines is 2. The second-order valence-electron chi connectivity index (χ2n) is 15.9. The summed E-state index contributed by atoms with van der Waals surface area (Å²) in [7, 11) is 3.85. The van der Waals surface area contributed by atoms with E-state index in [1.165, 1.54) is 16.8 Å². The minimum absolute atomic E-state index is 0.0819. The summed E-state index contributed by atoms with van der Waals surface area (Å²) in [4.78, 5) is 23.9. The number of hydrogen-bond acceptors (Lipinski definition) is 8. The van der Waals surface area contributed by atoms with Gasteiger partial charge < -0.3 is 19.3 Å². The highest BCUT2D eigenvalue weighted by atomic mass is 35.5. The summed E-state index contributed by atoms with van der Waals surface area (Å²) in [5.41, 5.74) is 5.07. The number of rotatable bonds is 17. The molecular formula is C45H62ClN5O3S. The molecular weight excluding hydrogens is 726 g/mol. The van der Waals surface area contributed by atoms with E-state index in [1.54, 1.807) is 0 Å². The Morgan fingerprint density at radius 1 is 1.11 bits per heavy atom. The van der Waals surface area contributed by atoms with Gasteiger partial charge in [0.2, 0.25) is 0 Å². The molecule has 3 aliphatic rings. The molecule has 1 aliphatic carbocycles. The van der Waals surface area contributed by atoms with Crippen molar-refractivity contribution in [2.45, 2.75) is 69.6 Å². The molecule has 0 radical (unpaired) electrons. The van der Waals surface area contributed by atoms with E-state index in [4.69, 9.17) is 21.1 Å². The topological polar surface area (TPSA) is 70.2 Å². The molecule has 10 heteroatoms. The fourth-order valence-electron chi connectivity index (χ4n) is 8.90. The SMILES string of the molecule is C=S(NC)C(C)C(C)C/C=C/C(CN1CCN(c2ccncc2)CC1)(OC)C1CCC1CN1CC(c2ccc(Cl)cc2CCC)COc2ccc(C=O)cc21. The Labute approximate surface area is 337 Å². The average Bonchev–Trinajstić information content (AvgIpc) is 3.38. The van der Waals surface area contributed by atoms with Gasteiger partial charge in [-0.2, -0.15) is 0 Å². The molecule has 55 heavy (non-hydrogen) atoms. The second kappa shape index (κ2) is 19.3. The van der Waals surface area contributed by atoms with E-state index in [0.29, 0.717) is 35.2 Å². The van der Waals surface area contributed by atoms with E-state index in [2.05, 4.69) is 87.5 Å². The van der Waals surface area contributed by atoms with Crippen LogP contribution in [0.15, 0.2) is 73.1 Å². The van der Waals surface area contributed by atoms with Crippen molar-refractivity contribution >= 4 is 45.8 Å². The molecule has 8 nitrogen and oxygen atoms in total. The Balaban J connectivity index is 1.27. The van der Waals surface area contributed by atoms with Gasteiger partial charge in [0.1, 0.15) is 17.6 Å². The Morgan fingerprint density at radius 2 is 1.89 bits per heavy atom. The van der Waals surface area contributed by atoms with E-state index >= 15 is 0 Å². The molecule has 1 aromatic heterocycles. The molecule has 3 aromatic rings. The molecule has 1 saturated heterocycles. The summed E-state index contributed by atoms with van der Waals surface area (Å²) < 4.78 is 16.7. The Kier molecular flexibility index (Phi) is 14.5. The fourth-order valence-corrected chi connectivity index (χ4v) is 10.1. The molecule has 7 atom stereocenters. The first-order chi connectivity index (χ1) is 26.7. The molecule has 7 unspecified atom stereocenters. The molecule has 0 spiro atoms. The van der Waals surface area contributed by atoms with Crippen LogP contribution in [-0.4, -0.2) is 99.5 Å². The third-order valence-corrected chi connectivity index (χ3v) is 14.7. The van der Waals surface area contributed by atoms with Crippen LogP contribution in [0.5, 0.6) is 5.75 Å². The largest absolute Gasteiger partial charge is 0.491 e. The average molecular weight is 789 g/mol. The minimum Gasteiger partial charge on any atom is -0.491 e. The fraction of sp³-hybridized carbons (Fsp3) is 0.533. The lowest BCUT2D eigenvalue weighted by Gasteiger charge is -2.52. The number of ether oxygens (including phenoxy) is 2. The zero-order chi connectivity index (χ0) is 39.0. The number of aryl methyl sites for hydroxylation is 1. The Morgan fingerprint density at radius 3 is 2.56 bits per heavy atom. The summed E-state index contributed by atoms with van der Waals surface area (Å²) in [6, 6.07) is 16.4. The van der Waals surface area contributed by atoms with Gasteiger partial charge in [-0.15, -0.1) is 10.7 Å². The van der Waals surface area contributed by atoms with Gasteiger partial charge in [0.25, 0.3) is 0 Å². The van der Waals surface area contributed by atoms with Gasteiger partial charge in [0, 0.05) is 92.8 Å². The number of hydrogen-bond donors (Lipinski definition) is 1. The zero-order valence-electron chi connectivity index (χ0n) is 33.6. The van der Waals surface area contributed by atoms with Gasteiger partial charge in [-0.3, -0.25) is 19.4 Å². The molecule has 3 heterocycles. The minimum atomic E-state index is -0.431. The van der Waals surface area contributed by atoms with Crippen LogP contribution in [-0.2, 0) is 11.2 Å². The van der Waals surface area contributed by atoms with Crippen LogP contribution in [0.2, 0.25) is 5.02 Å². The molecule has 0 bridgehead atoms. The third-order valence-electron chi connectivity index (χ3n) is 12.6. The molecule has 2 aliphatic heterocycles. The molecule has 6 rings (SSSR count). The maximum atomic E-state index is 12.1. The standard InChI is InChI=1S/C45H62ClN5O3S/c1-7-9-36-27-39(46)13-14-41(36)38-29-51(43-26-35(30-52)11-16-44(43)54-31-38)28-37-12-15-42(37)45(53-5,19-8-10-33(2)34(3)55(6)47-4)32-49-22-24-50(25-23-49)40-17-20-48-21-18-40/h8,11,13-14,16-21,26-27,30,33-34,37-38,42,47H,6-7,9-10,12,15,22-25,28-29,31-32H2,1-5H3/b19-8+. The van der Waals surface area contributed by atoms with E-state index < -0.39 is 5.60 Å². The highest BCUT2D eigenvalue weighted by Gasteiger charge is 2.48. The van der Waals surface area contributed by atoms with Gasteiger partial charge in [0.15, 0.2) is 0 Å². The van der Waals surface area contributed by atoms with E-state index in [0.717, 1.165) is 101 Å². The molecule has 2 fully saturated rings. The van der Waals surface area contributed by atoms with Gasteiger partial charge in [0.05, 0.1) is 12.3 Å². The first-order valence-electron chi connectivity index (χ1n) is 20.2. The van der Waals surface area contributed by atoms with Gasteiger partial charge >= 0.3 is 0 Å². The van der Waals surface area contributed by atoms with Crippen LogP contribution in [0, 0.1) is 17.8 Å². The molecule has 1 N–H and O–H groups in total. The van der Waals surface area contributed by atoms with Crippen molar-refractivity contribution in [2.24, 2.45) is 17.8 Å². The quantitative estimate of drug-likeness (QED) is 0.0830. The van der Waals surface area contributed by atoms with Crippen LogP contribution in [0.1, 0.15) is 73.9 Å². The monoisotopic (exact) mass is 787 g/mol. The number of carbonyl (C=O) groups is 1. The number of nitrogens with one attached hydrogen (secondary N) is 1. The Bertz CT molecular complexity index is 1770. The normalized spacial score (nSPS) is 23.2. The number of allylic oxidation sites excluding steroid dienone is 1. The van der Waals surface area contributed by atoms with Crippen molar-refractivity contribution in [1.29, 1.82) is 0 Å². The van der Waals surface area contributed by atoms with E-state index in [1.807, 2.05) is 50.8 Å². The third kappa shape index (κ3) is 9.85. The van der Waals surface area contributed by atoms with Crippen LogP contribution < -0.4 is 19.3 Å². The van der Waals surface area contributed by atoms with Crippen LogP contribution in [0.25, 0.3) is 0 Å². The van der Waals surface area contributed by atoms with Gasteiger partial charge in [-0.1, -0.05) is 62.9 Å². The number of pyridine rings is 1.